The van der Waals surface area contributed by atoms with E-state index in [-0.39, 0.29) is 11.9 Å². The second kappa shape index (κ2) is 5.61. The Bertz CT molecular complexity index is 545. The van der Waals surface area contributed by atoms with E-state index >= 15 is 0 Å². The summed E-state index contributed by atoms with van der Waals surface area (Å²) in [5.41, 5.74) is 0.717. The van der Waals surface area contributed by atoms with Gasteiger partial charge in [0.1, 0.15) is 0 Å². The predicted octanol–water partition coefficient (Wildman–Crippen LogP) is 1.44. The molecule has 3 amide bonds. The van der Waals surface area contributed by atoms with Gasteiger partial charge in [-0.15, -0.1) is 0 Å². The molecule has 3 rings (SSSR count). The molecule has 0 aromatic heterocycles. The van der Waals surface area contributed by atoms with Crippen molar-refractivity contribution in [2.75, 3.05) is 31.1 Å². The summed E-state index contributed by atoms with van der Waals surface area (Å²) in [4.78, 5) is 26.8. The van der Waals surface area contributed by atoms with Crippen molar-refractivity contribution >= 4 is 17.6 Å². The molecule has 0 aliphatic carbocycles. The van der Waals surface area contributed by atoms with Crippen LogP contribution in [-0.4, -0.2) is 53.7 Å². The van der Waals surface area contributed by atoms with E-state index < -0.39 is 5.54 Å². The average molecular weight is 302 g/mol. The first-order valence-corrected chi connectivity index (χ1v) is 7.66. The fourth-order valence-electron chi connectivity index (χ4n) is 3.03. The lowest BCUT2D eigenvalue weighted by molar-refractivity contribution is -0.146. The van der Waals surface area contributed by atoms with E-state index in [0.717, 1.165) is 13.1 Å². The van der Waals surface area contributed by atoms with Gasteiger partial charge in [0.05, 0.1) is 6.42 Å². The number of para-hydroxylation sites is 1. The Morgan fingerprint density at radius 1 is 1.00 bits per heavy atom. The van der Waals surface area contributed by atoms with Gasteiger partial charge in [-0.25, -0.2) is 9.80 Å². The summed E-state index contributed by atoms with van der Waals surface area (Å²) in [6.45, 7) is 6.65. The van der Waals surface area contributed by atoms with Crippen molar-refractivity contribution in [1.82, 2.24) is 15.3 Å². The van der Waals surface area contributed by atoms with Crippen molar-refractivity contribution in [3.8, 4) is 0 Å². The molecule has 1 N–H and O–H groups in total. The summed E-state index contributed by atoms with van der Waals surface area (Å²) < 4.78 is 0. The Kier molecular flexibility index (Phi) is 3.78. The first-order chi connectivity index (χ1) is 10.5. The summed E-state index contributed by atoms with van der Waals surface area (Å²) in [7, 11) is 0. The van der Waals surface area contributed by atoms with Crippen LogP contribution in [0, 0.1) is 0 Å². The number of urea groups is 1. The number of carbonyl (C=O) groups is 2. The molecular formula is C16H22N4O2. The molecule has 6 heteroatoms. The van der Waals surface area contributed by atoms with Crippen molar-refractivity contribution in [3.05, 3.63) is 30.3 Å². The van der Waals surface area contributed by atoms with Gasteiger partial charge in [-0.3, -0.25) is 4.79 Å². The Morgan fingerprint density at radius 2 is 1.64 bits per heavy atom. The normalized spacial score (nSPS) is 22.6. The molecule has 0 bridgehead atoms. The van der Waals surface area contributed by atoms with Crippen LogP contribution in [0.25, 0.3) is 0 Å². The molecule has 0 saturated carbocycles. The lowest BCUT2D eigenvalue weighted by Crippen LogP contribution is -2.66. The van der Waals surface area contributed by atoms with E-state index in [2.05, 4.69) is 22.3 Å². The minimum atomic E-state index is -0.462. The summed E-state index contributed by atoms with van der Waals surface area (Å²) >= 11 is 0. The van der Waals surface area contributed by atoms with Gasteiger partial charge >= 0.3 is 6.03 Å². The third-order valence-corrected chi connectivity index (χ3v) is 4.13. The first kappa shape index (κ1) is 14.8. The van der Waals surface area contributed by atoms with Gasteiger partial charge < -0.3 is 10.2 Å². The topological polar surface area (TPSA) is 55.9 Å². The highest BCUT2D eigenvalue weighted by molar-refractivity contribution is 5.97. The number of piperazine rings is 1. The quantitative estimate of drug-likeness (QED) is 0.898. The molecule has 1 aromatic carbocycles. The van der Waals surface area contributed by atoms with E-state index in [0.29, 0.717) is 19.5 Å². The zero-order chi connectivity index (χ0) is 15.7. The molecular weight excluding hydrogens is 280 g/mol. The fraction of sp³-hybridized carbons (Fsp3) is 0.500. The third-order valence-electron chi connectivity index (χ3n) is 4.13. The number of anilines is 1. The number of hydrazine groups is 1. The molecule has 22 heavy (non-hydrogen) atoms. The molecule has 0 spiro atoms. The highest BCUT2D eigenvalue weighted by Crippen LogP contribution is 2.21. The van der Waals surface area contributed by atoms with Gasteiger partial charge in [-0.05, 0) is 26.0 Å². The number of amides is 3. The smallest absolute Gasteiger partial charge is 0.339 e. The van der Waals surface area contributed by atoms with Crippen LogP contribution < -0.4 is 10.2 Å². The first-order valence-electron chi connectivity index (χ1n) is 7.66. The van der Waals surface area contributed by atoms with Crippen molar-refractivity contribution in [2.45, 2.75) is 25.8 Å². The summed E-state index contributed by atoms with van der Waals surface area (Å²) in [5.74, 6) is -0.123. The number of nitrogens with zero attached hydrogens (tertiary/aromatic N) is 3. The number of imide groups is 1. The number of hydrogen-bond donors (Lipinski definition) is 1. The second-order valence-corrected chi connectivity index (χ2v) is 6.47. The van der Waals surface area contributed by atoms with Crippen LogP contribution in [0.2, 0.25) is 0 Å². The minimum absolute atomic E-state index is 0.123. The van der Waals surface area contributed by atoms with E-state index in [1.54, 1.807) is 0 Å². The standard InChI is InChI=1S/C16H22N4O2/c1-16(2)12-14(21)20(15(22)17-16)19-10-8-18(9-11-19)13-6-4-3-5-7-13/h3-7H,8-12H2,1-2H3,(H,17,22). The number of benzene rings is 1. The highest BCUT2D eigenvalue weighted by Gasteiger charge is 2.40. The van der Waals surface area contributed by atoms with Crippen LogP contribution >= 0.6 is 0 Å². The highest BCUT2D eigenvalue weighted by atomic mass is 16.2. The van der Waals surface area contributed by atoms with Crippen molar-refractivity contribution in [3.63, 3.8) is 0 Å². The molecule has 2 fully saturated rings. The molecule has 0 radical (unpaired) electrons. The molecule has 2 aliphatic heterocycles. The van der Waals surface area contributed by atoms with Gasteiger partial charge in [0.2, 0.25) is 5.91 Å². The zero-order valence-electron chi connectivity index (χ0n) is 13.1. The van der Waals surface area contributed by atoms with Crippen LogP contribution in [-0.2, 0) is 4.79 Å². The Labute approximate surface area is 130 Å². The van der Waals surface area contributed by atoms with Crippen molar-refractivity contribution < 1.29 is 9.59 Å². The van der Waals surface area contributed by atoms with Gasteiger partial charge in [0.25, 0.3) is 0 Å². The van der Waals surface area contributed by atoms with Crippen LogP contribution in [0.15, 0.2) is 30.3 Å². The van der Waals surface area contributed by atoms with Crippen molar-refractivity contribution in [2.24, 2.45) is 0 Å². The van der Waals surface area contributed by atoms with Gasteiger partial charge in [0.15, 0.2) is 0 Å². The van der Waals surface area contributed by atoms with Gasteiger partial charge in [-0.2, -0.15) is 5.01 Å². The van der Waals surface area contributed by atoms with Crippen LogP contribution in [0.5, 0.6) is 0 Å². The van der Waals surface area contributed by atoms with E-state index in [4.69, 9.17) is 0 Å². The van der Waals surface area contributed by atoms with E-state index in [1.165, 1.54) is 10.7 Å². The Morgan fingerprint density at radius 3 is 2.23 bits per heavy atom. The lowest BCUT2D eigenvalue weighted by atomic mass is 9.98. The molecule has 6 nitrogen and oxygen atoms in total. The second-order valence-electron chi connectivity index (χ2n) is 6.47. The molecule has 118 valence electrons. The van der Waals surface area contributed by atoms with Gasteiger partial charge in [0, 0.05) is 37.4 Å². The maximum Gasteiger partial charge on any atom is 0.339 e. The molecule has 2 heterocycles. The lowest BCUT2D eigenvalue weighted by Gasteiger charge is -2.44. The van der Waals surface area contributed by atoms with Gasteiger partial charge in [-0.1, -0.05) is 18.2 Å². The molecule has 0 atom stereocenters. The van der Waals surface area contributed by atoms with E-state index in [9.17, 15) is 9.59 Å². The molecule has 0 unspecified atom stereocenters. The van der Waals surface area contributed by atoms with E-state index in [1.807, 2.05) is 37.1 Å². The molecule has 1 aromatic rings. The summed E-state index contributed by atoms with van der Waals surface area (Å²) in [6.07, 6.45) is 0.331. The van der Waals surface area contributed by atoms with Crippen LogP contribution in [0.1, 0.15) is 20.3 Å². The Hall–Kier alpha value is -2.08. The zero-order valence-corrected chi connectivity index (χ0v) is 13.1. The SMILES string of the molecule is CC1(C)CC(=O)N(N2CCN(c3ccccc3)CC2)C(=O)N1. The largest absolute Gasteiger partial charge is 0.369 e. The summed E-state index contributed by atoms with van der Waals surface area (Å²) in [6, 6.07) is 9.89. The maximum absolute atomic E-state index is 12.3. The molecule has 2 aliphatic rings. The fourth-order valence-corrected chi connectivity index (χ4v) is 3.03. The predicted molar refractivity (Wildman–Crippen MR) is 84.3 cm³/mol. The van der Waals surface area contributed by atoms with Crippen LogP contribution in [0.3, 0.4) is 0 Å². The monoisotopic (exact) mass is 302 g/mol. The summed E-state index contributed by atoms with van der Waals surface area (Å²) in [5, 5.41) is 6.03. The van der Waals surface area contributed by atoms with Crippen molar-refractivity contribution in [1.29, 1.82) is 0 Å². The maximum atomic E-state index is 12.3. The molecule has 2 saturated heterocycles. The minimum Gasteiger partial charge on any atom is -0.369 e. The average Bonchev–Trinajstić information content (AvgIpc) is 2.47. The number of nitrogens with one attached hydrogen (secondary N) is 1. The number of hydrogen-bond acceptors (Lipinski definition) is 4. The third kappa shape index (κ3) is 2.92. The number of carbonyl (C=O) groups excluding carboxylic acids is 2. The van der Waals surface area contributed by atoms with Crippen LogP contribution in [0.4, 0.5) is 10.5 Å². The number of rotatable bonds is 2. The Balaban J connectivity index is 1.64.